The summed E-state index contributed by atoms with van der Waals surface area (Å²) in [5.41, 5.74) is 1.19. The van der Waals surface area contributed by atoms with E-state index in [1.165, 1.54) is 16.9 Å². The molecule has 1 atom stereocenters. The van der Waals surface area contributed by atoms with Crippen molar-refractivity contribution in [2.75, 3.05) is 37.6 Å². The predicted octanol–water partition coefficient (Wildman–Crippen LogP) is 1.41. The number of piperazine rings is 1. The molecule has 2 aromatic rings. The Morgan fingerprint density at radius 1 is 1.14 bits per heavy atom. The molecule has 146 valence electrons. The van der Waals surface area contributed by atoms with Crippen LogP contribution in [0.5, 0.6) is 0 Å². The first-order valence-electron chi connectivity index (χ1n) is 9.42. The molecule has 8 heteroatoms. The smallest absolute Gasteiger partial charge is 0.242 e. The van der Waals surface area contributed by atoms with Crippen LogP contribution in [0.1, 0.15) is 12.0 Å². The Hall–Kier alpha value is -2.74. The lowest BCUT2D eigenvalue weighted by Gasteiger charge is -2.35. The highest BCUT2D eigenvalue weighted by atomic mass is 32.1. The third-order valence-corrected chi connectivity index (χ3v) is 6.06. The van der Waals surface area contributed by atoms with Crippen molar-refractivity contribution >= 4 is 34.2 Å². The van der Waals surface area contributed by atoms with Crippen LogP contribution in [-0.2, 0) is 20.8 Å². The number of benzene rings is 1. The van der Waals surface area contributed by atoms with Crippen LogP contribution in [0.4, 0.5) is 5.13 Å². The van der Waals surface area contributed by atoms with E-state index in [9.17, 15) is 14.4 Å². The van der Waals surface area contributed by atoms with Crippen LogP contribution in [0.2, 0.25) is 0 Å². The first-order chi connectivity index (χ1) is 13.6. The molecule has 0 bridgehead atoms. The highest BCUT2D eigenvalue weighted by Crippen LogP contribution is 2.28. The molecule has 1 unspecified atom stereocenters. The maximum atomic E-state index is 12.9. The van der Waals surface area contributed by atoms with Gasteiger partial charge in [0.05, 0.1) is 12.5 Å². The van der Waals surface area contributed by atoms with E-state index in [0.29, 0.717) is 31.3 Å². The highest BCUT2D eigenvalue weighted by Gasteiger charge is 2.39. The van der Waals surface area contributed by atoms with Gasteiger partial charge in [-0.2, -0.15) is 0 Å². The lowest BCUT2D eigenvalue weighted by Crippen LogP contribution is -2.54. The summed E-state index contributed by atoms with van der Waals surface area (Å²) >= 11 is 1.39. The quantitative estimate of drug-likeness (QED) is 0.763. The van der Waals surface area contributed by atoms with Gasteiger partial charge in [-0.3, -0.25) is 19.3 Å². The SMILES string of the molecule is O=C1CN(C(=O)C2CC(=O)N(c3nccs3)C2)CCN1CCc1ccccc1. The molecule has 28 heavy (non-hydrogen) atoms. The number of carbonyl (C=O) groups excluding carboxylic acids is 3. The van der Waals surface area contributed by atoms with Crippen LogP contribution in [-0.4, -0.2) is 65.2 Å². The summed E-state index contributed by atoms with van der Waals surface area (Å²) in [6, 6.07) is 10.1. The van der Waals surface area contributed by atoms with Crippen molar-refractivity contribution in [1.29, 1.82) is 0 Å². The molecule has 3 heterocycles. The van der Waals surface area contributed by atoms with Crippen molar-refractivity contribution in [1.82, 2.24) is 14.8 Å². The number of amides is 3. The molecular formula is C20H22N4O3S. The summed E-state index contributed by atoms with van der Waals surface area (Å²) in [6.07, 6.45) is 2.64. The average Bonchev–Trinajstić information content (AvgIpc) is 3.37. The van der Waals surface area contributed by atoms with Crippen LogP contribution in [0.15, 0.2) is 41.9 Å². The summed E-state index contributed by atoms with van der Waals surface area (Å²) in [5, 5.41) is 2.44. The maximum Gasteiger partial charge on any atom is 0.242 e. The molecule has 7 nitrogen and oxygen atoms in total. The minimum atomic E-state index is -0.403. The summed E-state index contributed by atoms with van der Waals surface area (Å²) in [6.45, 7) is 2.14. The van der Waals surface area contributed by atoms with Crippen LogP contribution in [0.25, 0.3) is 0 Å². The molecule has 4 rings (SSSR count). The van der Waals surface area contributed by atoms with Crippen molar-refractivity contribution in [2.45, 2.75) is 12.8 Å². The third kappa shape index (κ3) is 3.91. The molecule has 2 fully saturated rings. The Morgan fingerprint density at radius 3 is 2.68 bits per heavy atom. The number of rotatable bonds is 5. The van der Waals surface area contributed by atoms with Gasteiger partial charge < -0.3 is 9.80 Å². The number of anilines is 1. The van der Waals surface area contributed by atoms with Gasteiger partial charge in [0.1, 0.15) is 0 Å². The van der Waals surface area contributed by atoms with Gasteiger partial charge in [-0.05, 0) is 12.0 Å². The van der Waals surface area contributed by atoms with E-state index in [0.717, 1.165) is 6.42 Å². The van der Waals surface area contributed by atoms with E-state index in [2.05, 4.69) is 17.1 Å². The summed E-state index contributed by atoms with van der Waals surface area (Å²) in [4.78, 5) is 46.8. The molecular weight excluding hydrogens is 376 g/mol. The molecule has 2 aliphatic rings. The van der Waals surface area contributed by atoms with Gasteiger partial charge in [0.15, 0.2) is 5.13 Å². The summed E-state index contributed by atoms with van der Waals surface area (Å²) < 4.78 is 0. The summed E-state index contributed by atoms with van der Waals surface area (Å²) in [5.74, 6) is -0.624. The zero-order valence-corrected chi connectivity index (χ0v) is 16.3. The average molecular weight is 398 g/mol. The third-order valence-electron chi connectivity index (χ3n) is 5.27. The number of hydrogen-bond acceptors (Lipinski definition) is 5. The van der Waals surface area contributed by atoms with Gasteiger partial charge in [0, 0.05) is 44.2 Å². The van der Waals surface area contributed by atoms with Gasteiger partial charge in [-0.15, -0.1) is 11.3 Å². The van der Waals surface area contributed by atoms with E-state index in [4.69, 9.17) is 0 Å². The van der Waals surface area contributed by atoms with Gasteiger partial charge in [0.2, 0.25) is 17.7 Å². The first kappa shape index (κ1) is 18.6. The van der Waals surface area contributed by atoms with Crippen molar-refractivity contribution in [3.63, 3.8) is 0 Å². The van der Waals surface area contributed by atoms with E-state index in [1.807, 2.05) is 28.5 Å². The predicted molar refractivity (Wildman–Crippen MR) is 106 cm³/mol. The van der Waals surface area contributed by atoms with Crippen molar-refractivity contribution in [2.24, 2.45) is 5.92 Å². The monoisotopic (exact) mass is 398 g/mol. The van der Waals surface area contributed by atoms with E-state index in [1.54, 1.807) is 16.0 Å². The number of hydrogen-bond donors (Lipinski definition) is 0. The first-order valence-corrected chi connectivity index (χ1v) is 10.3. The molecule has 2 saturated heterocycles. The van der Waals surface area contributed by atoms with Crippen LogP contribution >= 0.6 is 11.3 Å². The molecule has 1 aromatic carbocycles. The van der Waals surface area contributed by atoms with Crippen LogP contribution in [0, 0.1) is 5.92 Å². The maximum absolute atomic E-state index is 12.9. The van der Waals surface area contributed by atoms with Crippen molar-refractivity contribution in [3.05, 3.63) is 47.5 Å². The van der Waals surface area contributed by atoms with Gasteiger partial charge in [-0.1, -0.05) is 30.3 Å². The fourth-order valence-corrected chi connectivity index (χ4v) is 4.38. The number of carbonyl (C=O) groups is 3. The lowest BCUT2D eigenvalue weighted by molar-refractivity contribution is -0.147. The molecule has 0 saturated carbocycles. The second kappa shape index (κ2) is 8.10. The molecule has 3 amide bonds. The van der Waals surface area contributed by atoms with Gasteiger partial charge in [-0.25, -0.2) is 4.98 Å². The minimum absolute atomic E-state index is 0.0309. The Kier molecular flexibility index (Phi) is 5.38. The van der Waals surface area contributed by atoms with E-state index in [-0.39, 0.29) is 30.7 Å². The summed E-state index contributed by atoms with van der Waals surface area (Å²) in [7, 11) is 0. The second-order valence-corrected chi connectivity index (χ2v) is 7.97. The van der Waals surface area contributed by atoms with Crippen LogP contribution in [0.3, 0.4) is 0 Å². The lowest BCUT2D eigenvalue weighted by atomic mass is 10.1. The van der Waals surface area contributed by atoms with E-state index < -0.39 is 5.92 Å². The second-order valence-electron chi connectivity index (χ2n) is 7.10. The minimum Gasteiger partial charge on any atom is -0.339 e. The Balaban J connectivity index is 1.31. The largest absolute Gasteiger partial charge is 0.339 e. The Bertz CT molecular complexity index is 856. The number of thiazole rings is 1. The Morgan fingerprint density at radius 2 is 1.96 bits per heavy atom. The Labute approximate surface area is 167 Å². The topological polar surface area (TPSA) is 73.8 Å². The normalized spacial score (nSPS) is 20.1. The van der Waals surface area contributed by atoms with Gasteiger partial charge >= 0.3 is 0 Å². The fraction of sp³-hybridized carbons (Fsp3) is 0.400. The van der Waals surface area contributed by atoms with Gasteiger partial charge in [0.25, 0.3) is 0 Å². The number of nitrogens with zero attached hydrogens (tertiary/aromatic N) is 4. The zero-order chi connectivity index (χ0) is 19.5. The van der Waals surface area contributed by atoms with Crippen LogP contribution < -0.4 is 4.90 Å². The molecule has 2 aliphatic heterocycles. The molecule has 1 aromatic heterocycles. The molecule has 0 radical (unpaired) electrons. The fourth-order valence-electron chi connectivity index (χ4n) is 3.71. The molecule has 0 N–H and O–H groups in total. The number of aromatic nitrogens is 1. The van der Waals surface area contributed by atoms with Crippen molar-refractivity contribution < 1.29 is 14.4 Å². The zero-order valence-electron chi connectivity index (χ0n) is 15.5. The molecule has 0 spiro atoms. The standard InChI is InChI=1S/C20H22N4O3S/c25-17-12-16(13-24(17)20-21-7-11-28-20)19(27)23-10-9-22(18(26)14-23)8-6-15-4-2-1-3-5-15/h1-5,7,11,16H,6,8-10,12-14H2. The highest BCUT2D eigenvalue weighted by molar-refractivity contribution is 7.13. The van der Waals surface area contributed by atoms with E-state index >= 15 is 0 Å². The van der Waals surface area contributed by atoms with Crippen molar-refractivity contribution in [3.8, 4) is 0 Å². The molecule has 0 aliphatic carbocycles.